The molecule has 10 heavy (non-hydrogen) atoms. The number of hydrogen-bond donors (Lipinski definition) is 1. The van der Waals surface area contributed by atoms with Crippen molar-refractivity contribution < 1.29 is 9.84 Å². The fraction of sp³-hybridized carbons (Fsp3) is 0.750. The molecule has 2 heteroatoms. The van der Waals surface area contributed by atoms with E-state index in [1.165, 1.54) is 0 Å². The summed E-state index contributed by atoms with van der Waals surface area (Å²) in [5.74, 6) is 5.98. The van der Waals surface area contributed by atoms with E-state index in [4.69, 9.17) is 9.84 Å². The molecule has 0 spiro atoms. The summed E-state index contributed by atoms with van der Waals surface area (Å²) in [5.41, 5.74) is 0. The van der Waals surface area contributed by atoms with Gasteiger partial charge in [-0.25, -0.2) is 0 Å². The summed E-state index contributed by atoms with van der Waals surface area (Å²) in [6, 6.07) is 0. The van der Waals surface area contributed by atoms with Crippen molar-refractivity contribution in [2.24, 2.45) is 0 Å². The van der Waals surface area contributed by atoms with E-state index >= 15 is 0 Å². The summed E-state index contributed by atoms with van der Waals surface area (Å²) in [5, 5.41) is 8.58. The lowest BCUT2D eigenvalue weighted by Gasteiger charge is -2.10. The lowest BCUT2D eigenvalue weighted by Crippen LogP contribution is -2.13. The van der Waals surface area contributed by atoms with Crippen LogP contribution in [-0.2, 0) is 4.74 Å². The van der Waals surface area contributed by atoms with E-state index < -0.39 is 0 Å². The van der Waals surface area contributed by atoms with Crippen LogP contribution in [-0.4, -0.2) is 24.4 Å². The van der Waals surface area contributed by atoms with Crippen LogP contribution in [0.15, 0.2) is 0 Å². The van der Waals surface area contributed by atoms with E-state index in [0.717, 1.165) is 19.4 Å². The van der Waals surface area contributed by atoms with Crippen LogP contribution < -0.4 is 0 Å². The Morgan fingerprint density at radius 3 is 3.20 bits per heavy atom. The largest absolute Gasteiger partial charge is 0.396 e. The fourth-order valence-electron chi connectivity index (χ4n) is 0.939. The van der Waals surface area contributed by atoms with E-state index in [9.17, 15) is 0 Å². The number of aliphatic hydroxyl groups excluding tert-OH is 1. The second kappa shape index (κ2) is 4.32. The molecule has 0 saturated carbocycles. The molecule has 0 fully saturated rings. The molecule has 0 saturated heterocycles. The lowest BCUT2D eigenvalue weighted by molar-refractivity contribution is 0.0449. The SMILES string of the molecule is OCCC1CC#CCCO1. The minimum Gasteiger partial charge on any atom is -0.396 e. The molecule has 0 aromatic carbocycles. The Hall–Kier alpha value is -0.520. The third kappa shape index (κ3) is 2.38. The molecule has 1 aliphatic rings. The predicted octanol–water partition coefficient (Wildman–Crippen LogP) is 0.551. The van der Waals surface area contributed by atoms with Gasteiger partial charge in [0.05, 0.1) is 12.7 Å². The highest BCUT2D eigenvalue weighted by Gasteiger charge is 2.07. The van der Waals surface area contributed by atoms with Crippen LogP contribution in [0, 0.1) is 11.8 Å². The van der Waals surface area contributed by atoms with Crippen LogP contribution in [0.1, 0.15) is 19.3 Å². The summed E-state index contributed by atoms with van der Waals surface area (Å²) < 4.78 is 5.36. The van der Waals surface area contributed by atoms with Crippen molar-refractivity contribution >= 4 is 0 Å². The molecular weight excluding hydrogens is 128 g/mol. The van der Waals surface area contributed by atoms with Gasteiger partial charge in [0.25, 0.3) is 0 Å². The Morgan fingerprint density at radius 1 is 1.50 bits per heavy atom. The molecule has 0 aliphatic carbocycles. The van der Waals surface area contributed by atoms with Gasteiger partial charge in [0, 0.05) is 19.4 Å². The van der Waals surface area contributed by atoms with Crippen LogP contribution in [0.4, 0.5) is 0 Å². The van der Waals surface area contributed by atoms with Gasteiger partial charge in [0.15, 0.2) is 0 Å². The molecule has 1 unspecified atom stereocenters. The first-order chi connectivity index (χ1) is 4.93. The van der Waals surface area contributed by atoms with E-state index in [2.05, 4.69) is 11.8 Å². The van der Waals surface area contributed by atoms with Crippen molar-refractivity contribution in [1.82, 2.24) is 0 Å². The van der Waals surface area contributed by atoms with Crippen molar-refractivity contribution in [3.63, 3.8) is 0 Å². The summed E-state index contributed by atoms with van der Waals surface area (Å²) in [7, 11) is 0. The monoisotopic (exact) mass is 140 g/mol. The number of aliphatic hydroxyl groups is 1. The molecule has 1 heterocycles. The van der Waals surface area contributed by atoms with Gasteiger partial charge in [0.1, 0.15) is 0 Å². The topological polar surface area (TPSA) is 29.5 Å². The molecule has 1 rings (SSSR count). The number of hydrogen-bond acceptors (Lipinski definition) is 2. The minimum absolute atomic E-state index is 0.167. The zero-order valence-electron chi connectivity index (χ0n) is 5.97. The second-order valence-corrected chi connectivity index (χ2v) is 2.31. The van der Waals surface area contributed by atoms with Crippen LogP contribution in [0.2, 0.25) is 0 Å². The lowest BCUT2D eigenvalue weighted by atomic mass is 10.2. The minimum atomic E-state index is 0.167. The van der Waals surface area contributed by atoms with Gasteiger partial charge < -0.3 is 9.84 Å². The maximum atomic E-state index is 8.58. The first-order valence-corrected chi connectivity index (χ1v) is 3.61. The van der Waals surface area contributed by atoms with E-state index in [1.807, 2.05) is 0 Å². The number of rotatable bonds is 2. The molecule has 1 aliphatic heterocycles. The first-order valence-electron chi connectivity index (χ1n) is 3.61. The van der Waals surface area contributed by atoms with Crippen molar-refractivity contribution in [2.45, 2.75) is 25.4 Å². The average molecular weight is 140 g/mol. The van der Waals surface area contributed by atoms with Crippen molar-refractivity contribution in [3.8, 4) is 11.8 Å². The maximum Gasteiger partial charge on any atom is 0.0706 e. The predicted molar refractivity (Wildman–Crippen MR) is 38.5 cm³/mol. The van der Waals surface area contributed by atoms with Crippen molar-refractivity contribution in [3.05, 3.63) is 0 Å². The van der Waals surface area contributed by atoms with Crippen molar-refractivity contribution in [2.75, 3.05) is 13.2 Å². The highest BCUT2D eigenvalue weighted by atomic mass is 16.5. The Bertz CT molecular complexity index is 143. The second-order valence-electron chi connectivity index (χ2n) is 2.31. The Morgan fingerprint density at radius 2 is 2.40 bits per heavy atom. The zero-order chi connectivity index (χ0) is 7.23. The first kappa shape index (κ1) is 7.59. The Kier molecular flexibility index (Phi) is 3.28. The normalized spacial score (nSPS) is 24.7. The van der Waals surface area contributed by atoms with Gasteiger partial charge in [-0.1, -0.05) is 0 Å². The Labute approximate surface area is 61.2 Å². The van der Waals surface area contributed by atoms with Crippen molar-refractivity contribution in [1.29, 1.82) is 0 Å². The molecule has 56 valence electrons. The standard InChI is InChI=1S/C8H12O2/c9-6-5-8-4-2-1-3-7-10-8/h8-9H,3-7H2. The van der Waals surface area contributed by atoms with Gasteiger partial charge in [-0.2, -0.15) is 0 Å². The summed E-state index contributed by atoms with van der Waals surface area (Å²) in [6.45, 7) is 0.921. The van der Waals surface area contributed by atoms with E-state index in [-0.39, 0.29) is 12.7 Å². The molecule has 2 nitrogen and oxygen atoms in total. The average Bonchev–Trinajstić information content (AvgIpc) is 2.17. The van der Waals surface area contributed by atoms with Crippen LogP contribution in [0.5, 0.6) is 0 Å². The summed E-state index contributed by atoms with van der Waals surface area (Å²) >= 11 is 0. The molecular formula is C8H12O2. The molecule has 0 bridgehead atoms. The third-order valence-electron chi connectivity index (χ3n) is 1.49. The molecule has 0 aromatic heterocycles. The van der Waals surface area contributed by atoms with E-state index in [0.29, 0.717) is 6.42 Å². The van der Waals surface area contributed by atoms with Gasteiger partial charge in [-0.15, -0.1) is 11.8 Å². The Balaban J connectivity index is 2.26. The van der Waals surface area contributed by atoms with Crippen LogP contribution in [0.3, 0.4) is 0 Å². The van der Waals surface area contributed by atoms with E-state index in [1.54, 1.807) is 0 Å². The van der Waals surface area contributed by atoms with Gasteiger partial charge in [-0.05, 0) is 6.42 Å². The quantitative estimate of drug-likeness (QED) is 0.568. The molecule has 0 radical (unpaired) electrons. The van der Waals surface area contributed by atoms with Crippen LogP contribution >= 0.6 is 0 Å². The molecule has 0 aromatic rings. The van der Waals surface area contributed by atoms with Gasteiger partial charge in [0.2, 0.25) is 0 Å². The van der Waals surface area contributed by atoms with Gasteiger partial charge >= 0.3 is 0 Å². The summed E-state index contributed by atoms with van der Waals surface area (Å²) in [4.78, 5) is 0. The number of ether oxygens (including phenoxy) is 1. The molecule has 0 amide bonds. The zero-order valence-corrected chi connectivity index (χ0v) is 5.97. The fourth-order valence-corrected chi connectivity index (χ4v) is 0.939. The molecule has 1 atom stereocenters. The molecule has 1 N–H and O–H groups in total. The van der Waals surface area contributed by atoms with Gasteiger partial charge in [-0.3, -0.25) is 0 Å². The summed E-state index contributed by atoms with van der Waals surface area (Å²) in [6.07, 6.45) is 2.50. The third-order valence-corrected chi connectivity index (χ3v) is 1.49. The highest BCUT2D eigenvalue weighted by Crippen LogP contribution is 2.05. The smallest absolute Gasteiger partial charge is 0.0706 e. The maximum absolute atomic E-state index is 8.58. The van der Waals surface area contributed by atoms with Crippen LogP contribution in [0.25, 0.3) is 0 Å². The highest BCUT2D eigenvalue weighted by molar-refractivity contribution is 5.02.